The van der Waals surface area contributed by atoms with Gasteiger partial charge in [-0.25, -0.2) is 0 Å². The Morgan fingerprint density at radius 2 is 2.10 bits per heavy atom. The Bertz CT molecular complexity index is 635. The largest absolute Gasteiger partial charge is 0.332 e. The number of nitrogens with one attached hydrogen (secondary N) is 1. The monoisotopic (exact) mass is 269 g/mol. The van der Waals surface area contributed by atoms with Gasteiger partial charge in [0.05, 0.1) is 0 Å². The number of amides is 1. The lowest BCUT2D eigenvalue weighted by Gasteiger charge is -2.38. The van der Waals surface area contributed by atoms with Crippen molar-refractivity contribution in [2.45, 2.75) is 25.9 Å². The number of carbonyl (C=O) groups excluding carboxylic acids is 1. The van der Waals surface area contributed by atoms with Gasteiger partial charge in [0.15, 0.2) is 0 Å². The first-order valence-electron chi connectivity index (χ1n) is 7.06. The molecule has 1 aromatic heterocycles. The van der Waals surface area contributed by atoms with Crippen molar-refractivity contribution in [3.8, 4) is 0 Å². The minimum absolute atomic E-state index is 0.0302. The fourth-order valence-corrected chi connectivity index (χ4v) is 2.77. The van der Waals surface area contributed by atoms with Crippen LogP contribution in [0.25, 0.3) is 10.8 Å². The number of fused-ring (bicyclic) bond motifs is 1. The van der Waals surface area contributed by atoms with E-state index in [1.54, 1.807) is 6.20 Å². The van der Waals surface area contributed by atoms with Crippen LogP contribution in [0.1, 0.15) is 24.3 Å². The van der Waals surface area contributed by atoms with Crippen molar-refractivity contribution in [1.29, 1.82) is 0 Å². The maximum Gasteiger partial charge on any atom is 0.273 e. The number of nitrogens with zero attached hydrogens (tertiary/aromatic N) is 2. The molecule has 0 saturated carbocycles. The number of pyridine rings is 1. The van der Waals surface area contributed by atoms with Gasteiger partial charge < -0.3 is 10.2 Å². The zero-order chi connectivity index (χ0) is 14.1. The van der Waals surface area contributed by atoms with Crippen molar-refractivity contribution in [3.63, 3.8) is 0 Å². The van der Waals surface area contributed by atoms with Crippen molar-refractivity contribution in [2.75, 3.05) is 13.1 Å². The van der Waals surface area contributed by atoms with Gasteiger partial charge in [-0.1, -0.05) is 24.3 Å². The standard InChI is InChI=1S/C16H19N3O/c1-11-12(2)19(10-9-17-11)16(20)15-14-6-4-3-5-13(14)7-8-18-15/h3-8,11-12,17H,9-10H2,1-2H3. The molecule has 104 valence electrons. The number of aromatic nitrogens is 1. The van der Waals surface area contributed by atoms with Gasteiger partial charge in [-0.15, -0.1) is 0 Å². The zero-order valence-electron chi connectivity index (χ0n) is 11.8. The first-order valence-corrected chi connectivity index (χ1v) is 7.06. The van der Waals surface area contributed by atoms with Crippen molar-refractivity contribution in [2.24, 2.45) is 0 Å². The summed E-state index contributed by atoms with van der Waals surface area (Å²) < 4.78 is 0. The molecule has 1 N–H and O–H groups in total. The highest BCUT2D eigenvalue weighted by Gasteiger charge is 2.30. The van der Waals surface area contributed by atoms with Crippen LogP contribution < -0.4 is 5.32 Å². The van der Waals surface area contributed by atoms with Crippen LogP contribution in [0, 0.1) is 0 Å². The highest BCUT2D eigenvalue weighted by Crippen LogP contribution is 2.20. The number of rotatable bonds is 1. The Kier molecular flexibility index (Phi) is 3.40. The van der Waals surface area contributed by atoms with E-state index in [2.05, 4.69) is 24.1 Å². The van der Waals surface area contributed by atoms with E-state index >= 15 is 0 Å². The van der Waals surface area contributed by atoms with Crippen molar-refractivity contribution < 1.29 is 4.79 Å². The van der Waals surface area contributed by atoms with E-state index in [1.165, 1.54) is 0 Å². The zero-order valence-corrected chi connectivity index (χ0v) is 11.8. The minimum Gasteiger partial charge on any atom is -0.332 e. The topological polar surface area (TPSA) is 45.2 Å². The van der Waals surface area contributed by atoms with E-state index in [0.29, 0.717) is 11.7 Å². The summed E-state index contributed by atoms with van der Waals surface area (Å²) in [6, 6.07) is 10.3. The molecule has 1 fully saturated rings. The lowest BCUT2D eigenvalue weighted by atomic mass is 10.0. The Morgan fingerprint density at radius 1 is 1.30 bits per heavy atom. The fourth-order valence-electron chi connectivity index (χ4n) is 2.77. The van der Waals surface area contributed by atoms with E-state index in [0.717, 1.165) is 23.9 Å². The molecule has 0 radical (unpaired) electrons. The van der Waals surface area contributed by atoms with Gasteiger partial charge in [0.25, 0.3) is 5.91 Å². The third-order valence-corrected chi connectivity index (χ3v) is 4.17. The number of carbonyl (C=O) groups is 1. The van der Waals surface area contributed by atoms with E-state index in [9.17, 15) is 4.79 Å². The average molecular weight is 269 g/mol. The van der Waals surface area contributed by atoms with Gasteiger partial charge in [-0.3, -0.25) is 9.78 Å². The average Bonchev–Trinajstić information content (AvgIpc) is 2.49. The Labute approximate surface area is 118 Å². The van der Waals surface area contributed by atoms with Crippen LogP contribution in [-0.4, -0.2) is 41.0 Å². The Hall–Kier alpha value is -1.94. The molecule has 1 aromatic carbocycles. The Morgan fingerprint density at radius 3 is 2.95 bits per heavy atom. The van der Waals surface area contributed by atoms with Crippen LogP contribution in [0.15, 0.2) is 36.5 Å². The lowest BCUT2D eigenvalue weighted by Crippen LogP contribution is -2.57. The van der Waals surface area contributed by atoms with Crippen LogP contribution >= 0.6 is 0 Å². The van der Waals surface area contributed by atoms with Gasteiger partial charge in [0.2, 0.25) is 0 Å². The van der Waals surface area contributed by atoms with Crippen LogP contribution in [0.4, 0.5) is 0 Å². The maximum absolute atomic E-state index is 12.8. The molecule has 0 spiro atoms. The summed E-state index contributed by atoms with van der Waals surface area (Å²) in [7, 11) is 0. The molecule has 1 aliphatic heterocycles. The van der Waals surface area contributed by atoms with E-state index < -0.39 is 0 Å². The molecular weight excluding hydrogens is 250 g/mol. The minimum atomic E-state index is 0.0302. The van der Waals surface area contributed by atoms with Crippen molar-refractivity contribution >= 4 is 16.7 Å². The normalized spacial score (nSPS) is 23.0. The fraction of sp³-hybridized carbons (Fsp3) is 0.375. The number of hydrogen-bond donors (Lipinski definition) is 1. The third kappa shape index (κ3) is 2.16. The quantitative estimate of drug-likeness (QED) is 0.862. The first kappa shape index (κ1) is 13.1. The van der Waals surface area contributed by atoms with Crippen LogP contribution in [0.2, 0.25) is 0 Å². The van der Waals surface area contributed by atoms with Gasteiger partial charge >= 0.3 is 0 Å². The first-order chi connectivity index (χ1) is 9.68. The van der Waals surface area contributed by atoms with Gasteiger partial charge in [-0.05, 0) is 25.3 Å². The second kappa shape index (κ2) is 5.21. The van der Waals surface area contributed by atoms with Crippen molar-refractivity contribution in [3.05, 3.63) is 42.2 Å². The predicted octanol–water partition coefficient (Wildman–Crippen LogP) is 2.06. The Balaban J connectivity index is 2.00. The molecule has 1 aliphatic rings. The predicted molar refractivity (Wildman–Crippen MR) is 79.7 cm³/mol. The molecule has 1 amide bonds. The summed E-state index contributed by atoms with van der Waals surface area (Å²) in [6.45, 7) is 5.76. The van der Waals surface area contributed by atoms with Crippen molar-refractivity contribution in [1.82, 2.24) is 15.2 Å². The SMILES string of the molecule is CC1NCCN(C(=O)c2nccc3ccccc23)C1C. The molecule has 2 unspecified atom stereocenters. The number of hydrogen-bond acceptors (Lipinski definition) is 3. The summed E-state index contributed by atoms with van der Waals surface area (Å²) >= 11 is 0. The molecule has 2 heterocycles. The summed E-state index contributed by atoms with van der Waals surface area (Å²) in [5.74, 6) is 0.0302. The summed E-state index contributed by atoms with van der Waals surface area (Å²) in [5.41, 5.74) is 0.559. The summed E-state index contributed by atoms with van der Waals surface area (Å²) in [6.07, 6.45) is 1.71. The molecular formula is C16H19N3O. The lowest BCUT2D eigenvalue weighted by molar-refractivity contribution is 0.0599. The molecule has 4 heteroatoms. The van der Waals surface area contributed by atoms with Crippen LogP contribution in [0.3, 0.4) is 0 Å². The van der Waals surface area contributed by atoms with E-state index in [-0.39, 0.29) is 11.9 Å². The molecule has 0 aliphatic carbocycles. The highest BCUT2D eigenvalue weighted by molar-refractivity contribution is 6.05. The number of piperazine rings is 1. The van der Waals surface area contributed by atoms with Gasteiger partial charge in [0.1, 0.15) is 5.69 Å². The second-order valence-electron chi connectivity index (χ2n) is 5.36. The van der Waals surface area contributed by atoms with Crippen LogP contribution in [-0.2, 0) is 0 Å². The molecule has 1 saturated heterocycles. The summed E-state index contributed by atoms with van der Waals surface area (Å²) in [5, 5.41) is 5.38. The third-order valence-electron chi connectivity index (χ3n) is 4.17. The molecule has 2 atom stereocenters. The molecule has 3 rings (SSSR count). The van der Waals surface area contributed by atoms with E-state index in [1.807, 2.05) is 35.2 Å². The molecule has 4 nitrogen and oxygen atoms in total. The van der Waals surface area contributed by atoms with E-state index in [4.69, 9.17) is 0 Å². The maximum atomic E-state index is 12.8. The smallest absolute Gasteiger partial charge is 0.273 e. The molecule has 20 heavy (non-hydrogen) atoms. The molecule has 0 bridgehead atoms. The second-order valence-corrected chi connectivity index (χ2v) is 5.36. The highest BCUT2D eigenvalue weighted by atomic mass is 16.2. The van der Waals surface area contributed by atoms with Gasteiger partial charge in [-0.2, -0.15) is 0 Å². The number of benzene rings is 1. The van der Waals surface area contributed by atoms with Gasteiger partial charge in [0, 0.05) is 36.8 Å². The van der Waals surface area contributed by atoms with Crippen LogP contribution in [0.5, 0.6) is 0 Å². The molecule has 2 aromatic rings. The summed E-state index contributed by atoms with van der Waals surface area (Å²) in [4.78, 5) is 19.1.